The highest BCUT2D eigenvalue weighted by molar-refractivity contribution is 5.98. The number of hydrogen-bond donors (Lipinski definition) is 2. The predicted octanol–water partition coefficient (Wildman–Crippen LogP) is 3.11. The smallest absolute Gasteiger partial charge is 0.254 e. The van der Waals surface area contributed by atoms with Crippen LogP contribution in [0.3, 0.4) is 0 Å². The molecule has 0 unspecified atom stereocenters. The Morgan fingerprint density at radius 1 is 1.32 bits per heavy atom. The summed E-state index contributed by atoms with van der Waals surface area (Å²) in [7, 11) is 1.69. The minimum absolute atomic E-state index is 0.00718. The van der Waals surface area contributed by atoms with E-state index in [9.17, 15) is 4.79 Å². The molecule has 1 aliphatic rings. The third-order valence-corrected chi connectivity index (χ3v) is 5.12. The molecule has 1 amide bonds. The van der Waals surface area contributed by atoms with Crippen molar-refractivity contribution in [2.75, 3.05) is 13.7 Å². The number of nitrogens with one attached hydrogen (secondary N) is 2. The third-order valence-electron chi connectivity index (χ3n) is 5.12. The second-order valence-electron chi connectivity index (χ2n) is 6.68. The van der Waals surface area contributed by atoms with Gasteiger partial charge in [-0.2, -0.15) is 0 Å². The molecule has 1 aromatic carbocycles. The zero-order valence-electron chi connectivity index (χ0n) is 14.7. The molecule has 1 fully saturated rings. The van der Waals surface area contributed by atoms with Crippen LogP contribution < -0.4 is 0 Å². The molecule has 0 saturated carbocycles. The van der Waals surface area contributed by atoms with Crippen LogP contribution >= 0.6 is 0 Å². The minimum Gasteiger partial charge on any atom is -0.380 e. The van der Waals surface area contributed by atoms with Crippen molar-refractivity contribution in [3.8, 4) is 0 Å². The Balaban J connectivity index is 1.68. The van der Waals surface area contributed by atoms with E-state index in [1.807, 2.05) is 49.2 Å². The van der Waals surface area contributed by atoms with Gasteiger partial charge in [0, 0.05) is 43.0 Å². The molecule has 4 rings (SSSR count). The molecule has 3 aromatic rings. The Morgan fingerprint density at radius 3 is 2.88 bits per heavy atom. The Bertz CT molecular complexity index is 907. The fourth-order valence-corrected chi connectivity index (χ4v) is 3.53. The van der Waals surface area contributed by atoms with E-state index >= 15 is 0 Å². The van der Waals surface area contributed by atoms with Crippen LogP contribution in [-0.4, -0.2) is 45.5 Å². The number of H-pyrrole nitrogens is 2. The Hall–Kier alpha value is -2.60. The van der Waals surface area contributed by atoms with Crippen LogP contribution in [-0.2, 0) is 4.74 Å². The molecule has 2 aromatic heterocycles. The van der Waals surface area contributed by atoms with E-state index < -0.39 is 0 Å². The van der Waals surface area contributed by atoms with Gasteiger partial charge < -0.3 is 19.6 Å². The minimum atomic E-state index is -0.0933. The number of ether oxygens (including phenoxy) is 1. The molecule has 0 spiro atoms. The lowest BCUT2D eigenvalue weighted by atomic mass is 10.1. The SMILES string of the molecule is CO[C@@H]1C[C@@H](c2nc(C)c(C)[nH]2)N(C(=O)c2ccc3cc[nH]c3c2)C1. The zero-order chi connectivity index (χ0) is 17.6. The average Bonchev–Trinajstić information content (AvgIpc) is 3.32. The molecule has 130 valence electrons. The summed E-state index contributed by atoms with van der Waals surface area (Å²) in [5.41, 5.74) is 3.65. The maximum Gasteiger partial charge on any atom is 0.254 e. The van der Waals surface area contributed by atoms with Gasteiger partial charge in [0.15, 0.2) is 0 Å². The van der Waals surface area contributed by atoms with Crippen molar-refractivity contribution in [1.29, 1.82) is 0 Å². The van der Waals surface area contributed by atoms with Crippen molar-refractivity contribution < 1.29 is 9.53 Å². The molecule has 2 atom stereocenters. The van der Waals surface area contributed by atoms with Gasteiger partial charge >= 0.3 is 0 Å². The maximum absolute atomic E-state index is 13.2. The number of imidazole rings is 1. The van der Waals surface area contributed by atoms with Gasteiger partial charge in [-0.05, 0) is 37.4 Å². The van der Waals surface area contributed by atoms with Gasteiger partial charge in [0.1, 0.15) is 5.82 Å². The second kappa shape index (κ2) is 6.04. The number of hydrogen-bond acceptors (Lipinski definition) is 3. The molecule has 0 aliphatic carbocycles. The number of aryl methyl sites for hydroxylation is 2. The number of carbonyl (C=O) groups is 1. The quantitative estimate of drug-likeness (QED) is 0.770. The Kier molecular flexibility index (Phi) is 3.84. The van der Waals surface area contributed by atoms with Crippen LogP contribution in [0.4, 0.5) is 0 Å². The average molecular weight is 338 g/mol. The monoisotopic (exact) mass is 338 g/mol. The normalized spacial score (nSPS) is 20.5. The number of benzene rings is 1. The summed E-state index contributed by atoms with van der Waals surface area (Å²) in [5.74, 6) is 0.844. The number of likely N-dealkylation sites (tertiary alicyclic amines) is 1. The molecule has 1 aliphatic heterocycles. The van der Waals surface area contributed by atoms with Crippen LogP contribution in [0.2, 0.25) is 0 Å². The van der Waals surface area contributed by atoms with E-state index in [1.165, 1.54) is 0 Å². The van der Waals surface area contributed by atoms with Crippen molar-refractivity contribution in [2.24, 2.45) is 0 Å². The van der Waals surface area contributed by atoms with Crippen molar-refractivity contribution >= 4 is 16.8 Å². The number of aromatic nitrogens is 3. The fraction of sp³-hybridized carbons (Fsp3) is 0.368. The molecule has 0 bridgehead atoms. The van der Waals surface area contributed by atoms with Crippen molar-refractivity contribution in [2.45, 2.75) is 32.4 Å². The highest BCUT2D eigenvalue weighted by Crippen LogP contribution is 2.33. The van der Waals surface area contributed by atoms with Gasteiger partial charge in [0.2, 0.25) is 0 Å². The highest BCUT2D eigenvalue weighted by atomic mass is 16.5. The van der Waals surface area contributed by atoms with Gasteiger partial charge in [-0.1, -0.05) is 6.07 Å². The number of rotatable bonds is 3. The molecule has 25 heavy (non-hydrogen) atoms. The number of fused-ring (bicyclic) bond motifs is 1. The maximum atomic E-state index is 13.2. The third kappa shape index (κ3) is 2.72. The molecule has 2 N–H and O–H groups in total. The van der Waals surface area contributed by atoms with Gasteiger partial charge in [-0.3, -0.25) is 4.79 Å². The Morgan fingerprint density at radius 2 is 2.16 bits per heavy atom. The molecule has 6 nitrogen and oxygen atoms in total. The lowest BCUT2D eigenvalue weighted by Gasteiger charge is -2.23. The second-order valence-corrected chi connectivity index (χ2v) is 6.68. The fourth-order valence-electron chi connectivity index (χ4n) is 3.53. The van der Waals surface area contributed by atoms with Gasteiger partial charge in [-0.15, -0.1) is 0 Å². The molecule has 1 saturated heterocycles. The lowest BCUT2D eigenvalue weighted by Crippen LogP contribution is -2.32. The van der Waals surface area contributed by atoms with Crippen LogP contribution in [0.5, 0.6) is 0 Å². The summed E-state index contributed by atoms with van der Waals surface area (Å²) < 4.78 is 5.53. The van der Waals surface area contributed by atoms with Crippen LogP contribution in [0.1, 0.15) is 40.0 Å². The van der Waals surface area contributed by atoms with Gasteiger partial charge in [-0.25, -0.2) is 4.98 Å². The molecular weight excluding hydrogens is 316 g/mol. The Labute approximate surface area is 146 Å². The number of carbonyl (C=O) groups excluding carboxylic acids is 1. The first-order chi connectivity index (χ1) is 12.1. The highest BCUT2D eigenvalue weighted by Gasteiger charge is 2.38. The topological polar surface area (TPSA) is 74.0 Å². The first-order valence-corrected chi connectivity index (χ1v) is 8.51. The first kappa shape index (κ1) is 15.9. The van der Waals surface area contributed by atoms with Gasteiger partial charge in [0.05, 0.1) is 17.8 Å². The lowest BCUT2D eigenvalue weighted by molar-refractivity contribution is 0.0684. The summed E-state index contributed by atoms with van der Waals surface area (Å²) in [4.78, 5) is 26.1. The number of nitrogens with zero attached hydrogens (tertiary/aromatic N) is 2. The van der Waals surface area contributed by atoms with Crippen LogP contribution in [0, 0.1) is 13.8 Å². The number of aromatic amines is 2. The summed E-state index contributed by atoms with van der Waals surface area (Å²) in [6.07, 6.45) is 2.65. The van der Waals surface area contributed by atoms with E-state index in [0.717, 1.165) is 34.5 Å². The molecule has 6 heteroatoms. The van der Waals surface area contributed by atoms with Gasteiger partial charge in [0.25, 0.3) is 5.91 Å². The van der Waals surface area contributed by atoms with E-state index in [4.69, 9.17) is 4.74 Å². The summed E-state index contributed by atoms with van der Waals surface area (Å²) in [6, 6.07) is 7.67. The molecular formula is C19H22N4O2. The van der Waals surface area contributed by atoms with Crippen LogP contribution in [0.15, 0.2) is 30.5 Å². The van der Waals surface area contributed by atoms with E-state index in [2.05, 4.69) is 15.0 Å². The standard InChI is InChI=1S/C19H22N4O2/c1-11-12(2)22-18(21-11)17-9-15(25-3)10-23(17)19(24)14-5-4-13-6-7-20-16(13)8-14/h4-8,15,17,20H,9-10H2,1-3H3,(H,21,22)/t15-,17+/m1/s1. The van der Waals surface area contributed by atoms with Crippen LogP contribution in [0.25, 0.3) is 10.9 Å². The zero-order valence-corrected chi connectivity index (χ0v) is 14.7. The van der Waals surface area contributed by atoms with E-state index in [-0.39, 0.29) is 18.1 Å². The number of amides is 1. The summed E-state index contributed by atoms with van der Waals surface area (Å²) in [6.45, 7) is 4.55. The van der Waals surface area contributed by atoms with Crippen molar-refractivity contribution in [1.82, 2.24) is 19.9 Å². The van der Waals surface area contributed by atoms with Crippen molar-refractivity contribution in [3.05, 3.63) is 53.2 Å². The van der Waals surface area contributed by atoms with E-state index in [0.29, 0.717) is 12.1 Å². The first-order valence-electron chi connectivity index (χ1n) is 8.51. The predicted molar refractivity (Wildman–Crippen MR) is 95.6 cm³/mol. The summed E-state index contributed by atoms with van der Waals surface area (Å²) in [5, 5.41) is 1.10. The molecule has 3 heterocycles. The number of methoxy groups -OCH3 is 1. The summed E-state index contributed by atoms with van der Waals surface area (Å²) >= 11 is 0. The largest absolute Gasteiger partial charge is 0.380 e. The van der Waals surface area contributed by atoms with Crippen molar-refractivity contribution in [3.63, 3.8) is 0 Å². The molecule has 0 radical (unpaired) electrons. The van der Waals surface area contributed by atoms with E-state index in [1.54, 1.807) is 7.11 Å².